The fraction of sp³-hybridized carbons (Fsp3) is 0.667. The Balaban J connectivity index is 1.60. The summed E-state index contributed by atoms with van der Waals surface area (Å²) in [5.41, 5.74) is 1.36. The van der Waals surface area contributed by atoms with Gasteiger partial charge in [0.05, 0.1) is 0 Å². The number of thiophene rings is 1. The molecule has 0 bridgehead atoms. The first kappa shape index (κ1) is 13.1. The van der Waals surface area contributed by atoms with E-state index in [1.54, 1.807) is 0 Å². The zero-order valence-corrected chi connectivity index (χ0v) is 12.7. The number of hydrogen-bond acceptors (Lipinski definition) is 3. The molecule has 3 rings (SSSR count). The van der Waals surface area contributed by atoms with Crippen molar-refractivity contribution in [3.8, 4) is 0 Å². The average molecular weight is 278 g/mol. The third-order valence-electron chi connectivity index (χ3n) is 4.55. The van der Waals surface area contributed by atoms with Crippen molar-refractivity contribution in [1.82, 2.24) is 9.80 Å². The molecule has 1 aromatic rings. The summed E-state index contributed by atoms with van der Waals surface area (Å²) < 4.78 is 0. The van der Waals surface area contributed by atoms with Crippen LogP contribution < -0.4 is 0 Å². The number of amides is 1. The average Bonchev–Trinajstić information content (AvgIpc) is 2.82. The van der Waals surface area contributed by atoms with Crippen molar-refractivity contribution in [3.05, 3.63) is 21.9 Å². The summed E-state index contributed by atoms with van der Waals surface area (Å²) in [5.74, 6) is 1.16. The van der Waals surface area contributed by atoms with E-state index in [9.17, 15) is 4.79 Å². The molecule has 1 saturated carbocycles. The predicted molar refractivity (Wildman–Crippen MR) is 78.6 cm³/mol. The normalized spacial score (nSPS) is 30.1. The molecule has 0 radical (unpaired) electrons. The molecule has 1 aliphatic heterocycles. The van der Waals surface area contributed by atoms with Gasteiger partial charge in [-0.15, -0.1) is 11.3 Å². The van der Waals surface area contributed by atoms with Crippen LogP contribution >= 0.6 is 11.3 Å². The van der Waals surface area contributed by atoms with E-state index in [-0.39, 0.29) is 5.92 Å². The summed E-state index contributed by atoms with van der Waals surface area (Å²) in [7, 11) is 4.21. The highest BCUT2D eigenvalue weighted by atomic mass is 32.1. The second-order valence-electron chi connectivity index (χ2n) is 6.11. The summed E-state index contributed by atoms with van der Waals surface area (Å²) in [4.78, 5) is 18.3. The van der Waals surface area contributed by atoms with Crippen molar-refractivity contribution in [3.63, 3.8) is 0 Å². The molecule has 1 saturated heterocycles. The number of aryl methyl sites for hydroxylation is 1. The molecule has 0 aromatic carbocycles. The first-order valence-corrected chi connectivity index (χ1v) is 7.95. The molecule has 1 aliphatic carbocycles. The molecular weight excluding hydrogens is 256 g/mol. The van der Waals surface area contributed by atoms with Crippen LogP contribution in [0.2, 0.25) is 0 Å². The number of hydrogen-bond donors (Lipinski definition) is 0. The standard InChI is InChI=1S/C15H22N2OS/c1-10-5-7-19-14(10)12-8-13(12)15(18)17-6-4-11(9-17)16(2)3/h5,7,11-13H,4,6,8-9H2,1-3H3/t11?,12-,13-/m1/s1. The van der Waals surface area contributed by atoms with Crippen molar-refractivity contribution in [2.24, 2.45) is 5.92 Å². The first-order valence-electron chi connectivity index (χ1n) is 7.07. The summed E-state index contributed by atoms with van der Waals surface area (Å²) in [6.45, 7) is 4.01. The smallest absolute Gasteiger partial charge is 0.226 e. The van der Waals surface area contributed by atoms with Gasteiger partial charge in [-0.25, -0.2) is 0 Å². The van der Waals surface area contributed by atoms with Crippen molar-refractivity contribution < 1.29 is 4.79 Å². The number of rotatable bonds is 3. The summed E-state index contributed by atoms with van der Waals surface area (Å²) in [6, 6.07) is 2.71. The maximum Gasteiger partial charge on any atom is 0.226 e. The molecule has 3 nitrogen and oxygen atoms in total. The van der Waals surface area contributed by atoms with Gasteiger partial charge in [-0.2, -0.15) is 0 Å². The second-order valence-corrected chi connectivity index (χ2v) is 7.05. The van der Waals surface area contributed by atoms with Crippen LogP contribution in [0.25, 0.3) is 0 Å². The van der Waals surface area contributed by atoms with Gasteiger partial charge in [0.2, 0.25) is 5.91 Å². The van der Waals surface area contributed by atoms with Gasteiger partial charge in [0.25, 0.3) is 0 Å². The van der Waals surface area contributed by atoms with Crippen molar-refractivity contribution in [2.45, 2.75) is 31.7 Å². The molecule has 104 valence electrons. The fourth-order valence-corrected chi connectivity index (χ4v) is 4.23. The molecule has 0 N–H and O–H groups in total. The molecule has 3 atom stereocenters. The second kappa shape index (κ2) is 4.91. The number of carbonyl (C=O) groups is 1. The van der Waals surface area contributed by atoms with Crippen molar-refractivity contribution in [2.75, 3.05) is 27.2 Å². The number of likely N-dealkylation sites (N-methyl/N-ethyl adjacent to an activating group) is 1. The Hall–Kier alpha value is -0.870. The maximum atomic E-state index is 12.5. The Morgan fingerprint density at radius 1 is 1.47 bits per heavy atom. The lowest BCUT2D eigenvalue weighted by Gasteiger charge is -2.20. The van der Waals surface area contributed by atoms with Crippen LogP contribution in [0.3, 0.4) is 0 Å². The van der Waals surface area contributed by atoms with E-state index >= 15 is 0 Å². The van der Waals surface area contributed by atoms with Gasteiger partial charge in [0.15, 0.2) is 0 Å². The Labute approximate surface area is 119 Å². The van der Waals surface area contributed by atoms with Crippen LogP contribution in [-0.2, 0) is 4.79 Å². The zero-order chi connectivity index (χ0) is 13.6. The lowest BCUT2D eigenvalue weighted by atomic mass is 10.2. The van der Waals surface area contributed by atoms with E-state index in [1.165, 1.54) is 10.4 Å². The van der Waals surface area contributed by atoms with Gasteiger partial charge in [0, 0.05) is 35.8 Å². The van der Waals surface area contributed by atoms with E-state index in [4.69, 9.17) is 0 Å². The van der Waals surface area contributed by atoms with Crippen LogP contribution in [-0.4, -0.2) is 48.9 Å². The lowest BCUT2D eigenvalue weighted by molar-refractivity contribution is -0.131. The minimum Gasteiger partial charge on any atom is -0.341 e. The van der Waals surface area contributed by atoms with Gasteiger partial charge in [-0.3, -0.25) is 4.79 Å². The molecule has 1 aromatic heterocycles. The molecular formula is C15H22N2OS. The minimum atomic E-state index is 0.262. The van der Waals surface area contributed by atoms with Crippen LogP contribution in [0.4, 0.5) is 0 Å². The van der Waals surface area contributed by atoms with Crippen LogP contribution in [0.5, 0.6) is 0 Å². The first-order chi connectivity index (χ1) is 9.08. The van der Waals surface area contributed by atoms with Gasteiger partial charge in [0.1, 0.15) is 0 Å². The SMILES string of the molecule is Cc1ccsc1[C@@H]1C[C@H]1C(=O)N1CCC(N(C)C)C1. The van der Waals surface area contributed by atoms with Crippen LogP contribution in [0, 0.1) is 12.8 Å². The summed E-state index contributed by atoms with van der Waals surface area (Å²) >= 11 is 1.81. The Bertz CT molecular complexity index is 482. The third-order valence-corrected chi connectivity index (χ3v) is 5.70. The highest BCUT2D eigenvalue weighted by molar-refractivity contribution is 7.10. The molecule has 0 spiro atoms. The van der Waals surface area contributed by atoms with E-state index in [2.05, 4.69) is 42.3 Å². The Morgan fingerprint density at radius 3 is 2.84 bits per heavy atom. The molecule has 1 amide bonds. The minimum absolute atomic E-state index is 0.262. The van der Waals surface area contributed by atoms with Crippen LogP contribution in [0.1, 0.15) is 29.2 Å². The highest BCUT2D eigenvalue weighted by Crippen LogP contribution is 2.51. The number of likely N-dealkylation sites (tertiary alicyclic amines) is 1. The quantitative estimate of drug-likeness (QED) is 0.847. The largest absolute Gasteiger partial charge is 0.341 e. The third kappa shape index (κ3) is 2.43. The topological polar surface area (TPSA) is 23.6 Å². The van der Waals surface area contributed by atoms with Crippen molar-refractivity contribution in [1.29, 1.82) is 0 Å². The predicted octanol–water partition coefficient (Wildman–Crippen LogP) is 2.32. The number of nitrogens with zero attached hydrogens (tertiary/aromatic N) is 2. The van der Waals surface area contributed by atoms with E-state index < -0.39 is 0 Å². The van der Waals surface area contributed by atoms with Crippen LogP contribution in [0.15, 0.2) is 11.4 Å². The highest BCUT2D eigenvalue weighted by Gasteiger charge is 2.47. The molecule has 2 fully saturated rings. The van der Waals surface area contributed by atoms with E-state index in [0.29, 0.717) is 17.9 Å². The van der Waals surface area contributed by atoms with Gasteiger partial charge >= 0.3 is 0 Å². The van der Waals surface area contributed by atoms with Gasteiger partial charge < -0.3 is 9.80 Å². The molecule has 2 heterocycles. The summed E-state index contributed by atoms with van der Waals surface area (Å²) in [5, 5.41) is 2.14. The fourth-order valence-electron chi connectivity index (χ4n) is 3.12. The zero-order valence-electron chi connectivity index (χ0n) is 11.9. The summed E-state index contributed by atoms with van der Waals surface area (Å²) in [6.07, 6.45) is 2.18. The van der Waals surface area contributed by atoms with Gasteiger partial charge in [-0.1, -0.05) is 0 Å². The van der Waals surface area contributed by atoms with E-state index in [0.717, 1.165) is 25.9 Å². The van der Waals surface area contributed by atoms with E-state index in [1.807, 2.05) is 11.3 Å². The Morgan fingerprint density at radius 2 is 2.26 bits per heavy atom. The lowest BCUT2D eigenvalue weighted by Crippen LogP contribution is -2.35. The molecule has 4 heteroatoms. The maximum absolute atomic E-state index is 12.5. The molecule has 19 heavy (non-hydrogen) atoms. The Kier molecular flexibility index (Phi) is 3.39. The molecule has 2 aliphatic rings. The van der Waals surface area contributed by atoms with Crippen molar-refractivity contribution >= 4 is 17.2 Å². The number of carbonyl (C=O) groups excluding carboxylic acids is 1. The monoisotopic (exact) mass is 278 g/mol. The van der Waals surface area contributed by atoms with Gasteiger partial charge in [-0.05, 0) is 50.9 Å². The molecule has 1 unspecified atom stereocenters.